The first-order valence-corrected chi connectivity index (χ1v) is 5.91. The largest absolute Gasteiger partial charge is 0.476 e. The summed E-state index contributed by atoms with van der Waals surface area (Å²) in [6.45, 7) is 2.03. The highest BCUT2D eigenvalue weighted by molar-refractivity contribution is 5.89. The maximum absolute atomic E-state index is 10.9. The van der Waals surface area contributed by atoms with Crippen molar-refractivity contribution >= 4 is 16.9 Å². The number of carbonyl (C=O) groups is 1. The van der Waals surface area contributed by atoms with Crippen LogP contribution in [-0.4, -0.2) is 25.8 Å². The zero-order valence-corrected chi connectivity index (χ0v) is 10.6. The van der Waals surface area contributed by atoms with Gasteiger partial charge in [-0.1, -0.05) is 12.1 Å². The number of hydrogen-bond acceptors (Lipinski definition) is 2. The second-order valence-corrected chi connectivity index (χ2v) is 4.62. The molecule has 0 spiro atoms. The fourth-order valence-corrected chi connectivity index (χ4v) is 2.20. The molecule has 3 aromatic rings. The van der Waals surface area contributed by atoms with Gasteiger partial charge in [0.15, 0.2) is 5.69 Å². The van der Waals surface area contributed by atoms with E-state index in [0.29, 0.717) is 0 Å². The van der Waals surface area contributed by atoms with E-state index in [2.05, 4.69) is 16.1 Å². The number of hydrogen-bond donors (Lipinski definition) is 2. The Morgan fingerprint density at radius 1 is 1.32 bits per heavy atom. The van der Waals surface area contributed by atoms with Gasteiger partial charge in [-0.3, -0.25) is 4.68 Å². The van der Waals surface area contributed by atoms with Gasteiger partial charge in [-0.15, -0.1) is 0 Å². The number of aromatic carboxylic acids is 1. The van der Waals surface area contributed by atoms with Crippen molar-refractivity contribution in [3.63, 3.8) is 0 Å². The third kappa shape index (κ3) is 1.89. The number of nitrogens with zero attached hydrogens (tertiary/aromatic N) is 2. The minimum atomic E-state index is -1.02. The molecule has 0 unspecified atom stereocenters. The van der Waals surface area contributed by atoms with Crippen LogP contribution in [0.4, 0.5) is 0 Å². The number of aryl methyl sites for hydroxylation is 2. The zero-order chi connectivity index (χ0) is 13.6. The third-order valence-electron chi connectivity index (χ3n) is 3.15. The number of nitrogens with one attached hydrogen (secondary N) is 1. The van der Waals surface area contributed by atoms with E-state index in [1.165, 1.54) is 5.56 Å². The number of carboxylic acids is 1. The van der Waals surface area contributed by atoms with Crippen LogP contribution in [0.5, 0.6) is 0 Å². The fourth-order valence-electron chi connectivity index (χ4n) is 2.20. The van der Waals surface area contributed by atoms with E-state index in [4.69, 9.17) is 5.11 Å². The summed E-state index contributed by atoms with van der Waals surface area (Å²) < 4.78 is 1.57. The van der Waals surface area contributed by atoms with Gasteiger partial charge in [0, 0.05) is 24.0 Å². The molecule has 1 aromatic carbocycles. The van der Waals surface area contributed by atoms with Crippen LogP contribution in [0.25, 0.3) is 22.3 Å². The van der Waals surface area contributed by atoms with E-state index in [9.17, 15) is 4.79 Å². The predicted octanol–water partition coefficient (Wildman–Crippen LogP) is 2.58. The fraction of sp³-hybridized carbons (Fsp3) is 0.143. The van der Waals surface area contributed by atoms with Gasteiger partial charge in [0.05, 0.1) is 11.4 Å². The Labute approximate surface area is 109 Å². The molecule has 19 heavy (non-hydrogen) atoms. The number of carboxylic acid groups (broad SMARTS) is 1. The molecule has 0 atom stereocenters. The smallest absolute Gasteiger partial charge is 0.356 e. The van der Waals surface area contributed by atoms with Crippen molar-refractivity contribution in [1.82, 2.24) is 14.8 Å². The molecule has 2 aromatic heterocycles. The molecule has 3 rings (SSSR count). The highest BCUT2D eigenvalue weighted by Crippen LogP contribution is 2.25. The van der Waals surface area contributed by atoms with E-state index in [1.54, 1.807) is 17.8 Å². The highest BCUT2D eigenvalue weighted by Gasteiger charge is 2.14. The molecule has 0 saturated carbocycles. The van der Waals surface area contributed by atoms with Crippen LogP contribution >= 0.6 is 0 Å². The van der Waals surface area contributed by atoms with Gasteiger partial charge in [0.1, 0.15) is 0 Å². The molecular formula is C14H13N3O2. The van der Waals surface area contributed by atoms with Crippen molar-refractivity contribution in [1.29, 1.82) is 0 Å². The predicted molar refractivity (Wildman–Crippen MR) is 72.2 cm³/mol. The van der Waals surface area contributed by atoms with E-state index >= 15 is 0 Å². The maximum Gasteiger partial charge on any atom is 0.356 e. The minimum absolute atomic E-state index is 0.0485. The van der Waals surface area contributed by atoms with Gasteiger partial charge >= 0.3 is 5.97 Å². The van der Waals surface area contributed by atoms with E-state index in [0.717, 1.165) is 22.3 Å². The van der Waals surface area contributed by atoms with Crippen LogP contribution in [0.2, 0.25) is 0 Å². The third-order valence-corrected chi connectivity index (χ3v) is 3.15. The molecule has 96 valence electrons. The normalized spacial score (nSPS) is 11.1. The summed E-state index contributed by atoms with van der Waals surface area (Å²) in [6.07, 6.45) is 0. The highest BCUT2D eigenvalue weighted by atomic mass is 16.4. The molecule has 0 saturated heterocycles. The Kier molecular flexibility index (Phi) is 2.41. The Hall–Kier alpha value is -2.56. The van der Waals surface area contributed by atoms with Crippen molar-refractivity contribution in [3.05, 3.63) is 41.6 Å². The van der Waals surface area contributed by atoms with Crippen molar-refractivity contribution in [3.8, 4) is 11.4 Å². The van der Waals surface area contributed by atoms with Crippen LogP contribution in [0.3, 0.4) is 0 Å². The molecule has 0 amide bonds. The molecule has 0 aliphatic carbocycles. The van der Waals surface area contributed by atoms with Gasteiger partial charge in [0.2, 0.25) is 0 Å². The number of rotatable bonds is 2. The molecule has 2 heterocycles. The average Bonchev–Trinajstić information content (AvgIpc) is 2.91. The van der Waals surface area contributed by atoms with Crippen LogP contribution in [0, 0.1) is 6.92 Å². The maximum atomic E-state index is 10.9. The van der Waals surface area contributed by atoms with Crippen molar-refractivity contribution in [2.45, 2.75) is 6.92 Å². The Balaban J connectivity index is 2.16. The van der Waals surface area contributed by atoms with Crippen molar-refractivity contribution < 1.29 is 9.90 Å². The van der Waals surface area contributed by atoms with E-state index in [1.807, 2.05) is 25.1 Å². The number of H-pyrrole nitrogens is 1. The Morgan fingerprint density at radius 3 is 2.79 bits per heavy atom. The number of benzene rings is 1. The van der Waals surface area contributed by atoms with Crippen LogP contribution in [0.1, 0.15) is 16.1 Å². The SMILES string of the molecule is Cc1ccc2cc(-c3cc(C(=O)O)nn3C)[nH]c2c1. The molecule has 2 N–H and O–H groups in total. The van der Waals surface area contributed by atoms with Gasteiger partial charge < -0.3 is 10.1 Å². The van der Waals surface area contributed by atoms with Gasteiger partial charge in [-0.05, 0) is 24.6 Å². The Morgan fingerprint density at radius 2 is 2.11 bits per heavy atom. The standard InChI is InChI=1S/C14H13N3O2/c1-8-3-4-9-6-11(15-10(9)5-8)13-7-12(14(18)19)16-17(13)2/h3-7,15H,1-2H3,(H,18,19). The van der Waals surface area contributed by atoms with Gasteiger partial charge in [-0.2, -0.15) is 5.10 Å². The molecule has 0 radical (unpaired) electrons. The second kappa shape index (κ2) is 3.98. The van der Waals surface area contributed by atoms with Crippen molar-refractivity contribution in [2.75, 3.05) is 0 Å². The summed E-state index contributed by atoms with van der Waals surface area (Å²) in [5.74, 6) is -1.02. The van der Waals surface area contributed by atoms with E-state index < -0.39 is 5.97 Å². The molecular weight excluding hydrogens is 242 g/mol. The van der Waals surface area contributed by atoms with Crippen LogP contribution in [-0.2, 0) is 7.05 Å². The first-order chi connectivity index (χ1) is 9.04. The summed E-state index contributed by atoms with van der Waals surface area (Å²) in [5.41, 5.74) is 3.88. The quantitative estimate of drug-likeness (QED) is 0.739. The average molecular weight is 255 g/mol. The Bertz CT molecular complexity index is 783. The molecule has 5 heteroatoms. The second-order valence-electron chi connectivity index (χ2n) is 4.62. The minimum Gasteiger partial charge on any atom is -0.476 e. The number of aromatic amines is 1. The summed E-state index contributed by atoms with van der Waals surface area (Å²) in [5, 5.41) is 14.0. The summed E-state index contributed by atoms with van der Waals surface area (Å²) in [4.78, 5) is 14.2. The van der Waals surface area contributed by atoms with E-state index in [-0.39, 0.29) is 5.69 Å². The lowest BCUT2D eigenvalue weighted by atomic mass is 10.2. The summed E-state index contributed by atoms with van der Waals surface area (Å²) in [7, 11) is 1.73. The first kappa shape index (κ1) is 11.5. The summed E-state index contributed by atoms with van der Waals surface area (Å²) >= 11 is 0. The number of aromatic nitrogens is 3. The zero-order valence-electron chi connectivity index (χ0n) is 10.6. The van der Waals surface area contributed by atoms with Crippen LogP contribution < -0.4 is 0 Å². The lowest BCUT2D eigenvalue weighted by molar-refractivity contribution is 0.0689. The van der Waals surface area contributed by atoms with Crippen LogP contribution in [0.15, 0.2) is 30.3 Å². The molecule has 0 fully saturated rings. The molecule has 5 nitrogen and oxygen atoms in total. The van der Waals surface area contributed by atoms with Gasteiger partial charge in [-0.25, -0.2) is 4.79 Å². The van der Waals surface area contributed by atoms with Crippen molar-refractivity contribution in [2.24, 2.45) is 7.05 Å². The number of fused-ring (bicyclic) bond motifs is 1. The lowest BCUT2D eigenvalue weighted by Crippen LogP contribution is -1.99. The molecule has 0 aliphatic rings. The molecule has 0 aliphatic heterocycles. The summed E-state index contributed by atoms with van der Waals surface area (Å²) in [6, 6.07) is 9.72. The topological polar surface area (TPSA) is 70.9 Å². The lowest BCUT2D eigenvalue weighted by Gasteiger charge is -1.96. The molecule has 0 bridgehead atoms. The monoisotopic (exact) mass is 255 g/mol. The first-order valence-electron chi connectivity index (χ1n) is 5.91. The van der Waals surface area contributed by atoms with Gasteiger partial charge in [0.25, 0.3) is 0 Å².